The Bertz CT molecular complexity index is 384. The number of hydrogen-bond donors (Lipinski definition) is 1. The smallest absolute Gasteiger partial charge is 0.0949 e. The van der Waals surface area contributed by atoms with Crippen molar-refractivity contribution >= 4 is 0 Å². The molecule has 94 valence electrons. The van der Waals surface area contributed by atoms with Crippen LogP contribution in [0.15, 0.2) is 6.33 Å². The number of aromatic nitrogens is 2. The van der Waals surface area contributed by atoms with Crippen LogP contribution >= 0.6 is 0 Å². The summed E-state index contributed by atoms with van der Waals surface area (Å²) in [5.41, 5.74) is 2.63. The van der Waals surface area contributed by atoms with Crippen LogP contribution in [0.2, 0.25) is 0 Å². The van der Waals surface area contributed by atoms with Gasteiger partial charge < -0.3 is 14.6 Å². The zero-order valence-electron chi connectivity index (χ0n) is 10.4. The minimum atomic E-state index is 0.387. The van der Waals surface area contributed by atoms with Gasteiger partial charge in [0.05, 0.1) is 31.3 Å². The molecule has 1 N–H and O–H groups in total. The van der Waals surface area contributed by atoms with E-state index in [1.54, 1.807) is 0 Å². The highest BCUT2D eigenvalue weighted by molar-refractivity contribution is 5.21. The molecule has 17 heavy (non-hydrogen) atoms. The van der Waals surface area contributed by atoms with Gasteiger partial charge in [0.2, 0.25) is 0 Å². The maximum Gasteiger partial charge on any atom is 0.0949 e. The van der Waals surface area contributed by atoms with E-state index >= 15 is 0 Å². The first-order chi connectivity index (χ1) is 8.34. The van der Waals surface area contributed by atoms with E-state index in [9.17, 15) is 0 Å². The topological polar surface area (TPSA) is 42.3 Å². The van der Waals surface area contributed by atoms with Crippen molar-refractivity contribution < 1.29 is 4.74 Å². The standard InChI is InChI=1S/C12H20N4O/c1-15-9-14-12-10(13-3-2-11(12)15)8-16-4-6-17-7-5-16/h9-10,13H,2-8H2,1H3/t10-/m1/s1. The first-order valence-corrected chi connectivity index (χ1v) is 6.38. The van der Waals surface area contributed by atoms with Crippen LogP contribution in [-0.2, 0) is 18.2 Å². The molecule has 1 atom stereocenters. The largest absolute Gasteiger partial charge is 0.379 e. The first-order valence-electron chi connectivity index (χ1n) is 6.38. The van der Waals surface area contributed by atoms with Crippen LogP contribution in [0.5, 0.6) is 0 Å². The Hall–Kier alpha value is -0.910. The highest BCUT2D eigenvalue weighted by Crippen LogP contribution is 2.21. The van der Waals surface area contributed by atoms with Gasteiger partial charge >= 0.3 is 0 Å². The van der Waals surface area contributed by atoms with E-state index < -0.39 is 0 Å². The fourth-order valence-corrected chi connectivity index (χ4v) is 2.72. The molecule has 0 saturated carbocycles. The second kappa shape index (κ2) is 4.76. The van der Waals surface area contributed by atoms with Crippen LogP contribution in [-0.4, -0.2) is 53.8 Å². The van der Waals surface area contributed by atoms with Crippen molar-refractivity contribution in [3.8, 4) is 0 Å². The van der Waals surface area contributed by atoms with E-state index in [4.69, 9.17) is 4.74 Å². The molecule has 1 aromatic heterocycles. The highest BCUT2D eigenvalue weighted by atomic mass is 16.5. The minimum Gasteiger partial charge on any atom is -0.379 e. The van der Waals surface area contributed by atoms with Crippen LogP contribution in [0.25, 0.3) is 0 Å². The second-order valence-corrected chi connectivity index (χ2v) is 4.86. The lowest BCUT2D eigenvalue weighted by molar-refractivity contribution is 0.0329. The van der Waals surface area contributed by atoms with E-state index in [0.717, 1.165) is 45.8 Å². The lowest BCUT2D eigenvalue weighted by Gasteiger charge is -2.32. The molecule has 0 aliphatic carbocycles. The molecule has 3 heterocycles. The predicted octanol–water partition coefficient (Wildman–Crippen LogP) is -0.0609. The fourth-order valence-electron chi connectivity index (χ4n) is 2.72. The monoisotopic (exact) mass is 236 g/mol. The van der Waals surface area contributed by atoms with Crippen LogP contribution in [0.1, 0.15) is 17.4 Å². The summed E-state index contributed by atoms with van der Waals surface area (Å²) in [6, 6.07) is 0.387. The van der Waals surface area contributed by atoms with Gasteiger partial charge in [0.1, 0.15) is 0 Å². The highest BCUT2D eigenvalue weighted by Gasteiger charge is 2.25. The minimum absolute atomic E-state index is 0.387. The molecule has 5 nitrogen and oxygen atoms in total. The Morgan fingerprint density at radius 2 is 2.29 bits per heavy atom. The van der Waals surface area contributed by atoms with Crippen LogP contribution in [0.4, 0.5) is 0 Å². The number of nitrogens with zero attached hydrogens (tertiary/aromatic N) is 3. The molecule has 1 saturated heterocycles. The molecular formula is C12H20N4O. The van der Waals surface area contributed by atoms with E-state index in [0.29, 0.717) is 6.04 Å². The van der Waals surface area contributed by atoms with Crippen molar-refractivity contribution in [2.24, 2.45) is 7.05 Å². The van der Waals surface area contributed by atoms with Gasteiger partial charge in [-0.15, -0.1) is 0 Å². The number of ether oxygens (including phenoxy) is 1. The normalized spacial score (nSPS) is 25.8. The number of imidazole rings is 1. The van der Waals surface area contributed by atoms with Gasteiger partial charge in [0.15, 0.2) is 0 Å². The fraction of sp³-hybridized carbons (Fsp3) is 0.750. The van der Waals surface area contributed by atoms with Crippen molar-refractivity contribution in [2.45, 2.75) is 12.5 Å². The van der Waals surface area contributed by atoms with E-state index in [1.807, 2.05) is 6.33 Å². The number of morpholine rings is 1. The molecule has 1 fully saturated rings. The number of hydrogen-bond acceptors (Lipinski definition) is 4. The van der Waals surface area contributed by atoms with Gasteiger partial charge in [0, 0.05) is 45.3 Å². The maximum absolute atomic E-state index is 5.38. The quantitative estimate of drug-likeness (QED) is 0.781. The molecule has 0 aromatic carbocycles. The molecule has 2 aliphatic rings. The average Bonchev–Trinajstić information content (AvgIpc) is 2.74. The van der Waals surface area contributed by atoms with E-state index in [2.05, 4.69) is 26.8 Å². The summed E-state index contributed by atoms with van der Waals surface area (Å²) in [5, 5.41) is 3.58. The Morgan fingerprint density at radius 3 is 3.12 bits per heavy atom. The van der Waals surface area contributed by atoms with E-state index in [1.165, 1.54) is 11.4 Å². The molecule has 0 bridgehead atoms. The predicted molar refractivity (Wildman–Crippen MR) is 64.9 cm³/mol. The van der Waals surface area contributed by atoms with Gasteiger partial charge in [-0.25, -0.2) is 4.98 Å². The van der Waals surface area contributed by atoms with Gasteiger partial charge in [-0.3, -0.25) is 4.90 Å². The molecule has 0 unspecified atom stereocenters. The van der Waals surface area contributed by atoms with Crippen molar-refractivity contribution in [3.63, 3.8) is 0 Å². The molecule has 0 amide bonds. The summed E-state index contributed by atoms with van der Waals surface area (Å²) >= 11 is 0. The molecule has 1 aromatic rings. The van der Waals surface area contributed by atoms with Crippen molar-refractivity contribution in [1.82, 2.24) is 19.8 Å². The molecule has 0 spiro atoms. The summed E-state index contributed by atoms with van der Waals surface area (Å²) in [6.45, 7) is 5.92. The van der Waals surface area contributed by atoms with Crippen molar-refractivity contribution in [3.05, 3.63) is 17.7 Å². The number of aryl methyl sites for hydroxylation is 1. The SMILES string of the molecule is Cn1cnc2c1CCN[C@@H]2CN1CCOCC1. The molecule has 3 rings (SSSR count). The van der Waals surface area contributed by atoms with Crippen molar-refractivity contribution in [1.29, 1.82) is 0 Å². The Balaban J connectivity index is 1.71. The van der Waals surface area contributed by atoms with E-state index in [-0.39, 0.29) is 0 Å². The van der Waals surface area contributed by atoms with Gasteiger partial charge in [0.25, 0.3) is 0 Å². The first kappa shape index (κ1) is 11.2. The number of fused-ring (bicyclic) bond motifs is 1. The lowest BCUT2D eigenvalue weighted by atomic mass is 10.0. The third-order valence-corrected chi connectivity index (χ3v) is 3.72. The molecule has 5 heteroatoms. The molecule has 0 radical (unpaired) electrons. The van der Waals surface area contributed by atoms with Gasteiger partial charge in [-0.2, -0.15) is 0 Å². The Kier molecular flexibility index (Phi) is 3.13. The van der Waals surface area contributed by atoms with Gasteiger partial charge in [-0.05, 0) is 0 Å². The van der Waals surface area contributed by atoms with Gasteiger partial charge in [-0.1, -0.05) is 0 Å². The second-order valence-electron chi connectivity index (χ2n) is 4.86. The Labute approximate surface area is 102 Å². The summed E-state index contributed by atoms with van der Waals surface area (Å²) in [5.74, 6) is 0. The van der Waals surface area contributed by atoms with Crippen LogP contribution in [0.3, 0.4) is 0 Å². The summed E-state index contributed by atoms with van der Waals surface area (Å²) in [7, 11) is 2.09. The summed E-state index contributed by atoms with van der Waals surface area (Å²) in [6.07, 6.45) is 3.02. The molecular weight excluding hydrogens is 216 g/mol. The number of rotatable bonds is 2. The number of nitrogens with one attached hydrogen (secondary N) is 1. The maximum atomic E-state index is 5.38. The Morgan fingerprint density at radius 1 is 1.47 bits per heavy atom. The molecule has 2 aliphatic heterocycles. The summed E-state index contributed by atoms with van der Waals surface area (Å²) in [4.78, 5) is 7.01. The van der Waals surface area contributed by atoms with Crippen LogP contribution in [0, 0.1) is 0 Å². The lowest BCUT2D eigenvalue weighted by Crippen LogP contribution is -2.44. The zero-order valence-corrected chi connectivity index (χ0v) is 10.4. The van der Waals surface area contributed by atoms with Crippen LogP contribution < -0.4 is 5.32 Å². The third kappa shape index (κ3) is 2.22. The summed E-state index contributed by atoms with van der Waals surface area (Å²) < 4.78 is 7.54. The average molecular weight is 236 g/mol. The zero-order chi connectivity index (χ0) is 11.7. The third-order valence-electron chi connectivity index (χ3n) is 3.72. The van der Waals surface area contributed by atoms with Crippen molar-refractivity contribution in [2.75, 3.05) is 39.4 Å².